The number of aromatic nitrogens is 2. The largest absolute Gasteiger partial charge is 0.461 e. The van der Waals surface area contributed by atoms with Crippen molar-refractivity contribution in [2.24, 2.45) is 0 Å². The van der Waals surface area contributed by atoms with Crippen LogP contribution in [-0.4, -0.2) is 59.4 Å². The van der Waals surface area contributed by atoms with Crippen molar-refractivity contribution in [1.82, 2.24) is 14.9 Å². The zero-order valence-electron chi connectivity index (χ0n) is 17.3. The predicted molar refractivity (Wildman–Crippen MR) is 121 cm³/mol. The van der Waals surface area contributed by atoms with Gasteiger partial charge in [-0.05, 0) is 54.2 Å². The molecular weight excluding hydrogens is 490 g/mol. The summed E-state index contributed by atoms with van der Waals surface area (Å²) >= 11 is 9.49. The molecule has 5 nitrogen and oxygen atoms in total. The molecule has 3 fully saturated rings. The highest BCUT2D eigenvalue weighted by molar-refractivity contribution is 9.10. The molecule has 168 valence electrons. The molecule has 0 saturated carbocycles. The van der Waals surface area contributed by atoms with E-state index >= 15 is 4.39 Å². The molecule has 1 aromatic carbocycles. The van der Waals surface area contributed by atoms with Crippen LogP contribution in [0.15, 0.2) is 10.5 Å². The second kappa shape index (κ2) is 8.60. The Hall–Kier alpha value is -1.25. The standard InChI is InChI=1S/C22H26BrClF2N4O/c23-17-16(24)10-15-19(18(17)26)27-21(28-20(15)29-7-3-1-2-4-8-29)31-13-22-6-5-9-30(22)12-14(25)11-22/h10,14H,1-9,11-13H2/t14-,22+/m1/s1. The van der Waals surface area contributed by atoms with Crippen molar-refractivity contribution < 1.29 is 13.5 Å². The molecule has 1 aromatic heterocycles. The predicted octanol–water partition coefficient (Wildman–Crippen LogP) is 5.52. The van der Waals surface area contributed by atoms with E-state index in [1.165, 1.54) is 12.8 Å². The van der Waals surface area contributed by atoms with Gasteiger partial charge in [0, 0.05) is 31.4 Å². The molecule has 3 aliphatic heterocycles. The van der Waals surface area contributed by atoms with Crippen molar-refractivity contribution in [2.45, 2.75) is 56.7 Å². The molecule has 0 amide bonds. The number of anilines is 1. The van der Waals surface area contributed by atoms with Crippen LogP contribution in [0.5, 0.6) is 6.01 Å². The van der Waals surface area contributed by atoms with Gasteiger partial charge in [-0.1, -0.05) is 24.4 Å². The van der Waals surface area contributed by atoms with Crippen LogP contribution in [0.4, 0.5) is 14.6 Å². The summed E-state index contributed by atoms with van der Waals surface area (Å²) < 4.78 is 35.5. The van der Waals surface area contributed by atoms with Crippen molar-refractivity contribution in [3.63, 3.8) is 0 Å². The van der Waals surface area contributed by atoms with Gasteiger partial charge in [0.05, 0.1) is 15.0 Å². The molecule has 3 saturated heterocycles. The maximum Gasteiger partial charge on any atom is 0.319 e. The first kappa shape index (κ1) is 21.6. The molecule has 9 heteroatoms. The van der Waals surface area contributed by atoms with E-state index in [0.717, 1.165) is 45.3 Å². The van der Waals surface area contributed by atoms with Crippen LogP contribution in [-0.2, 0) is 0 Å². The minimum absolute atomic E-state index is 0.142. The molecule has 0 bridgehead atoms. The lowest BCUT2D eigenvalue weighted by Gasteiger charge is -2.31. The van der Waals surface area contributed by atoms with Crippen molar-refractivity contribution in [3.8, 4) is 6.01 Å². The molecule has 0 aliphatic carbocycles. The van der Waals surface area contributed by atoms with Crippen LogP contribution in [0.25, 0.3) is 10.9 Å². The summed E-state index contributed by atoms with van der Waals surface area (Å²) in [7, 11) is 0. The first-order chi connectivity index (χ1) is 15.0. The Kier molecular flexibility index (Phi) is 5.99. The Morgan fingerprint density at radius 1 is 1.16 bits per heavy atom. The zero-order valence-corrected chi connectivity index (χ0v) is 19.7. The highest BCUT2D eigenvalue weighted by Gasteiger charge is 2.49. The van der Waals surface area contributed by atoms with E-state index in [9.17, 15) is 4.39 Å². The number of halogens is 4. The van der Waals surface area contributed by atoms with Gasteiger partial charge in [0.15, 0.2) is 5.82 Å². The number of alkyl halides is 1. The fourth-order valence-corrected chi connectivity index (χ4v) is 5.87. The van der Waals surface area contributed by atoms with Gasteiger partial charge < -0.3 is 9.64 Å². The molecular formula is C22H26BrClF2N4O. The number of rotatable bonds is 4. The van der Waals surface area contributed by atoms with Gasteiger partial charge in [-0.15, -0.1) is 0 Å². The Morgan fingerprint density at radius 2 is 1.94 bits per heavy atom. The number of hydrogen-bond acceptors (Lipinski definition) is 5. The van der Waals surface area contributed by atoms with Crippen LogP contribution < -0.4 is 9.64 Å². The Morgan fingerprint density at radius 3 is 2.71 bits per heavy atom. The monoisotopic (exact) mass is 514 g/mol. The molecule has 0 spiro atoms. The van der Waals surface area contributed by atoms with Crippen LogP contribution in [0.1, 0.15) is 44.9 Å². The summed E-state index contributed by atoms with van der Waals surface area (Å²) in [6.07, 6.45) is 6.04. The number of fused-ring (bicyclic) bond motifs is 2. The van der Waals surface area contributed by atoms with Gasteiger partial charge >= 0.3 is 6.01 Å². The summed E-state index contributed by atoms with van der Waals surface area (Å²) in [5.74, 6) is 0.141. The summed E-state index contributed by atoms with van der Waals surface area (Å²) in [5, 5.41) is 0.879. The second-order valence-corrected chi connectivity index (χ2v) is 10.2. The first-order valence-corrected chi connectivity index (χ1v) is 12.3. The topological polar surface area (TPSA) is 41.5 Å². The van der Waals surface area contributed by atoms with Crippen LogP contribution in [0.2, 0.25) is 5.02 Å². The van der Waals surface area contributed by atoms with Crippen LogP contribution >= 0.6 is 27.5 Å². The van der Waals surface area contributed by atoms with Crippen LogP contribution in [0.3, 0.4) is 0 Å². The van der Waals surface area contributed by atoms with E-state index in [1.54, 1.807) is 6.07 Å². The van der Waals surface area contributed by atoms with Gasteiger partial charge in [0.25, 0.3) is 0 Å². The molecule has 2 atom stereocenters. The quantitative estimate of drug-likeness (QED) is 0.502. The zero-order chi connectivity index (χ0) is 21.6. The molecule has 31 heavy (non-hydrogen) atoms. The summed E-state index contributed by atoms with van der Waals surface area (Å²) in [4.78, 5) is 13.5. The van der Waals surface area contributed by atoms with Gasteiger partial charge in [-0.2, -0.15) is 9.97 Å². The number of ether oxygens (including phenoxy) is 1. The average molecular weight is 516 g/mol. The van der Waals surface area contributed by atoms with E-state index in [4.69, 9.17) is 21.3 Å². The molecule has 0 unspecified atom stereocenters. The smallest absolute Gasteiger partial charge is 0.319 e. The lowest BCUT2D eigenvalue weighted by molar-refractivity contribution is 0.107. The van der Waals surface area contributed by atoms with Crippen molar-refractivity contribution in [2.75, 3.05) is 37.7 Å². The summed E-state index contributed by atoms with van der Waals surface area (Å²) in [6.45, 7) is 3.36. The van der Waals surface area contributed by atoms with Gasteiger partial charge in [0.1, 0.15) is 24.1 Å². The van der Waals surface area contributed by atoms with Gasteiger partial charge in [-0.3, -0.25) is 4.90 Å². The molecule has 3 aliphatic rings. The summed E-state index contributed by atoms with van der Waals surface area (Å²) in [5.41, 5.74) is -0.115. The second-order valence-electron chi connectivity index (χ2n) is 8.98. The Bertz CT molecular complexity index is 988. The third kappa shape index (κ3) is 4.00. The van der Waals surface area contributed by atoms with E-state index < -0.39 is 12.0 Å². The lowest BCUT2D eigenvalue weighted by atomic mass is 9.95. The normalized spacial score (nSPS) is 27.0. The fraction of sp³-hybridized carbons (Fsp3) is 0.636. The number of hydrogen-bond donors (Lipinski definition) is 0. The highest BCUT2D eigenvalue weighted by Crippen LogP contribution is 2.41. The molecule has 4 heterocycles. The van der Waals surface area contributed by atoms with Crippen molar-refractivity contribution in [3.05, 3.63) is 21.4 Å². The highest BCUT2D eigenvalue weighted by atomic mass is 79.9. The van der Waals surface area contributed by atoms with Crippen molar-refractivity contribution >= 4 is 44.3 Å². The van der Waals surface area contributed by atoms with E-state index in [-0.39, 0.29) is 21.5 Å². The van der Waals surface area contributed by atoms with Crippen molar-refractivity contribution in [1.29, 1.82) is 0 Å². The molecule has 0 N–H and O–H groups in total. The first-order valence-electron chi connectivity index (χ1n) is 11.1. The maximum absolute atomic E-state index is 15.1. The lowest BCUT2D eigenvalue weighted by Crippen LogP contribution is -2.43. The third-order valence-electron chi connectivity index (χ3n) is 6.92. The maximum atomic E-state index is 15.1. The summed E-state index contributed by atoms with van der Waals surface area (Å²) in [6, 6.07) is 1.86. The van der Waals surface area contributed by atoms with E-state index in [1.807, 2.05) is 0 Å². The minimum Gasteiger partial charge on any atom is -0.461 e. The van der Waals surface area contributed by atoms with Gasteiger partial charge in [-0.25, -0.2) is 8.78 Å². The molecule has 5 rings (SSSR count). The number of nitrogens with zero attached hydrogens (tertiary/aromatic N) is 4. The Balaban J connectivity index is 1.52. The molecule has 0 radical (unpaired) electrons. The third-order valence-corrected chi connectivity index (χ3v) is 8.22. The Labute approximate surface area is 194 Å². The fourth-order valence-electron chi connectivity index (χ4n) is 5.37. The van der Waals surface area contributed by atoms with Gasteiger partial charge in [0.2, 0.25) is 0 Å². The average Bonchev–Trinajstić information content (AvgIpc) is 3.13. The molecule has 2 aromatic rings. The minimum atomic E-state index is -0.829. The van der Waals surface area contributed by atoms with E-state index in [2.05, 4.69) is 30.7 Å². The van der Waals surface area contributed by atoms with E-state index in [0.29, 0.717) is 35.8 Å². The SMILES string of the molecule is Fc1c(Br)c(Cl)cc2c(N3CCCCCC3)nc(OC[C@@]34CCCN3C[C@H](F)C4)nc12. The number of benzene rings is 1. The van der Waals surface area contributed by atoms with Crippen LogP contribution in [0, 0.1) is 5.82 Å².